The van der Waals surface area contributed by atoms with E-state index in [1.165, 1.54) is 23.1 Å². The maximum Gasteiger partial charge on any atom is 0.355 e. The number of nitrogens with one attached hydrogen (secondary N) is 1. The Balaban J connectivity index is 1.53. The SMILES string of the molecule is O=C(ON1C(=O)c2ccccc2C1=O)C1CCCCN1C(=O)c1ccc(=O)[nH]n1. The monoisotopic (exact) mass is 396 g/mol. The fraction of sp³-hybridized carbons (Fsp3) is 0.263. The molecule has 0 aliphatic carbocycles. The van der Waals surface area contributed by atoms with Crippen LogP contribution in [-0.2, 0) is 9.63 Å². The first-order valence-electron chi connectivity index (χ1n) is 9.03. The first-order valence-corrected chi connectivity index (χ1v) is 9.03. The Labute approximate surface area is 164 Å². The largest absolute Gasteiger partial charge is 0.355 e. The van der Waals surface area contributed by atoms with Crippen molar-refractivity contribution in [1.29, 1.82) is 0 Å². The number of imide groups is 1. The molecule has 1 unspecified atom stereocenters. The van der Waals surface area contributed by atoms with Crippen molar-refractivity contribution in [2.45, 2.75) is 25.3 Å². The zero-order chi connectivity index (χ0) is 20.5. The van der Waals surface area contributed by atoms with Gasteiger partial charge in [-0.25, -0.2) is 9.89 Å². The fourth-order valence-electron chi connectivity index (χ4n) is 3.43. The second-order valence-corrected chi connectivity index (χ2v) is 6.68. The molecule has 4 rings (SSSR count). The van der Waals surface area contributed by atoms with Gasteiger partial charge in [0.2, 0.25) is 0 Å². The molecule has 2 aromatic rings. The van der Waals surface area contributed by atoms with Crippen molar-refractivity contribution in [2.75, 3.05) is 6.54 Å². The van der Waals surface area contributed by atoms with Crippen LogP contribution in [0.1, 0.15) is 50.5 Å². The minimum atomic E-state index is -0.978. The number of benzene rings is 1. The topological polar surface area (TPSA) is 130 Å². The molecule has 148 valence electrons. The summed E-state index contributed by atoms with van der Waals surface area (Å²) in [6, 6.07) is 7.61. The van der Waals surface area contributed by atoms with Crippen molar-refractivity contribution in [2.24, 2.45) is 0 Å². The lowest BCUT2D eigenvalue weighted by molar-refractivity contribution is -0.175. The molecule has 10 nitrogen and oxygen atoms in total. The van der Waals surface area contributed by atoms with E-state index in [0.717, 1.165) is 6.07 Å². The van der Waals surface area contributed by atoms with Crippen LogP contribution >= 0.6 is 0 Å². The average Bonchev–Trinajstić information content (AvgIpc) is 2.99. The molecule has 1 N–H and O–H groups in total. The number of amides is 3. The summed E-state index contributed by atoms with van der Waals surface area (Å²) in [5, 5.41) is 6.31. The first kappa shape index (κ1) is 18.5. The van der Waals surface area contributed by atoms with Gasteiger partial charge >= 0.3 is 5.97 Å². The highest BCUT2D eigenvalue weighted by atomic mass is 16.7. The molecule has 0 spiro atoms. The second-order valence-electron chi connectivity index (χ2n) is 6.68. The highest BCUT2D eigenvalue weighted by molar-refractivity contribution is 6.21. The highest BCUT2D eigenvalue weighted by Gasteiger charge is 2.42. The number of hydrogen-bond acceptors (Lipinski definition) is 7. The van der Waals surface area contributed by atoms with Gasteiger partial charge in [-0.1, -0.05) is 17.2 Å². The molecule has 29 heavy (non-hydrogen) atoms. The molecule has 2 aliphatic rings. The Morgan fingerprint density at radius 2 is 1.69 bits per heavy atom. The Hall–Kier alpha value is -3.82. The Kier molecular flexibility index (Phi) is 4.67. The van der Waals surface area contributed by atoms with Gasteiger partial charge in [0, 0.05) is 12.6 Å². The van der Waals surface area contributed by atoms with Gasteiger partial charge in [-0.05, 0) is 37.5 Å². The van der Waals surface area contributed by atoms with Crippen LogP contribution in [0.5, 0.6) is 0 Å². The van der Waals surface area contributed by atoms with E-state index in [0.29, 0.717) is 24.3 Å². The highest BCUT2D eigenvalue weighted by Crippen LogP contribution is 2.25. The molecule has 1 fully saturated rings. The van der Waals surface area contributed by atoms with Gasteiger partial charge < -0.3 is 9.74 Å². The van der Waals surface area contributed by atoms with Crippen molar-refractivity contribution in [3.8, 4) is 0 Å². The number of aromatic nitrogens is 2. The van der Waals surface area contributed by atoms with E-state index >= 15 is 0 Å². The summed E-state index contributed by atoms with van der Waals surface area (Å²) in [5.74, 6) is -2.88. The summed E-state index contributed by atoms with van der Waals surface area (Å²) in [4.78, 5) is 67.9. The Bertz CT molecular complexity index is 1020. The minimum Gasteiger partial charge on any atom is -0.327 e. The number of carbonyl (C=O) groups is 4. The van der Waals surface area contributed by atoms with E-state index < -0.39 is 35.3 Å². The van der Waals surface area contributed by atoms with E-state index in [9.17, 15) is 24.0 Å². The molecule has 3 heterocycles. The number of aromatic amines is 1. The molecule has 0 radical (unpaired) electrons. The first-order chi connectivity index (χ1) is 14.0. The van der Waals surface area contributed by atoms with Crippen molar-refractivity contribution < 1.29 is 24.0 Å². The lowest BCUT2D eigenvalue weighted by Crippen LogP contribution is -2.50. The van der Waals surface area contributed by atoms with E-state index in [-0.39, 0.29) is 23.4 Å². The summed E-state index contributed by atoms with van der Waals surface area (Å²) in [5.41, 5.74) is -0.176. The molecule has 2 aliphatic heterocycles. The van der Waals surface area contributed by atoms with Gasteiger partial charge in [0.25, 0.3) is 23.3 Å². The van der Waals surface area contributed by atoms with Gasteiger partial charge in [0.1, 0.15) is 11.7 Å². The number of H-pyrrole nitrogens is 1. The summed E-state index contributed by atoms with van der Waals surface area (Å²) in [7, 11) is 0. The van der Waals surface area contributed by atoms with Crippen LogP contribution in [0.3, 0.4) is 0 Å². The zero-order valence-electron chi connectivity index (χ0n) is 15.2. The number of hydrogen-bond donors (Lipinski definition) is 1. The quantitative estimate of drug-likeness (QED) is 0.749. The van der Waals surface area contributed by atoms with Crippen LogP contribution in [0.4, 0.5) is 0 Å². The Morgan fingerprint density at radius 3 is 2.31 bits per heavy atom. The van der Waals surface area contributed by atoms with Crippen LogP contribution in [0, 0.1) is 0 Å². The number of carbonyl (C=O) groups excluding carboxylic acids is 4. The standard InChI is InChI=1S/C19H16N4O6/c24-15-9-8-13(20-21-15)18(27)22-10-4-3-7-14(22)19(28)29-23-16(25)11-5-1-2-6-12(11)17(23)26/h1-2,5-6,8-9,14H,3-4,7,10H2,(H,21,24). The van der Waals surface area contributed by atoms with E-state index in [4.69, 9.17) is 4.84 Å². The maximum absolute atomic E-state index is 12.8. The van der Waals surface area contributed by atoms with Crippen molar-refractivity contribution in [3.63, 3.8) is 0 Å². The van der Waals surface area contributed by atoms with Crippen LogP contribution in [-0.4, -0.2) is 56.4 Å². The molecular weight excluding hydrogens is 380 g/mol. The van der Waals surface area contributed by atoms with Crippen molar-refractivity contribution in [3.05, 3.63) is 63.6 Å². The van der Waals surface area contributed by atoms with Gasteiger partial charge in [-0.2, -0.15) is 5.10 Å². The lowest BCUT2D eigenvalue weighted by atomic mass is 10.0. The molecule has 0 saturated carbocycles. The zero-order valence-corrected chi connectivity index (χ0v) is 15.2. The number of rotatable bonds is 3. The van der Waals surface area contributed by atoms with Gasteiger partial charge in [0.15, 0.2) is 0 Å². The van der Waals surface area contributed by atoms with Gasteiger partial charge in [-0.3, -0.25) is 19.2 Å². The molecular formula is C19H16N4O6. The molecule has 1 saturated heterocycles. The van der Waals surface area contributed by atoms with Crippen LogP contribution < -0.4 is 5.56 Å². The fourth-order valence-corrected chi connectivity index (χ4v) is 3.43. The van der Waals surface area contributed by atoms with E-state index in [1.54, 1.807) is 12.1 Å². The van der Waals surface area contributed by atoms with Crippen LogP contribution in [0.15, 0.2) is 41.2 Å². The maximum atomic E-state index is 12.8. The summed E-state index contributed by atoms with van der Waals surface area (Å²) >= 11 is 0. The predicted molar refractivity (Wildman–Crippen MR) is 96.6 cm³/mol. The average molecular weight is 396 g/mol. The number of likely N-dealkylation sites (tertiary alicyclic amines) is 1. The van der Waals surface area contributed by atoms with Crippen LogP contribution in [0.25, 0.3) is 0 Å². The van der Waals surface area contributed by atoms with E-state index in [2.05, 4.69) is 10.2 Å². The van der Waals surface area contributed by atoms with Crippen molar-refractivity contribution >= 4 is 23.7 Å². The third kappa shape index (κ3) is 3.28. The minimum absolute atomic E-state index is 0.0231. The smallest absolute Gasteiger partial charge is 0.327 e. The lowest BCUT2D eigenvalue weighted by Gasteiger charge is -2.34. The molecule has 3 amide bonds. The number of nitrogens with zero attached hydrogens (tertiary/aromatic N) is 3. The summed E-state index contributed by atoms with van der Waals surface area (Å²) in [6.07, 6.45) is 1.66. The second kappa shape index (κ2) is 7.30. The molecule has 1 atom stereocenters. The third-order valence-electron chi connectivity index (χ3n) is 4.87. The number of hydroxylamine groups is 2. The third-order valence-corrected chi connectivity index (χ3v) is 4.87. The summed E-state index contributed by atoms with van der Waals surface area (Å²) < 4.78 is 0. The Morgan fingerprint density at radius 1 is 1.00 bits per heavy atom. The molecule has 1 aromatic heterocycles. The molecule has 1 aromatic carbocycles. The normalized spacial score (nSPS) is 18.6. The predicted octanol–water partition coefficient (Wildman–Crippen LogP) is 0.519. The number of fused-ring (bicyclic) bond motifs is 1. The van der Waals surface area contributed by atoms with Gasteiger partial charge in [0.05, 0.1) is 11.1 Å². The number of piperidine rings is 1. The van der Waals surface area contributed by atoms with Gasteiger partial charge in [-0.15, -0.1) is 0 Å². The van der Waals surface area contributed by atoms with Crippen molar-refractivity contribution in [1.82, 2.24) is 20.2 Å². The summed E-state index contributed by atoms with van der Waals surface area (Å²) in [6.45, 7) is 0.279. The van der Waals surface area contributed by atoms with Crippen LogP contribution in [0.2, 0.25) is 0 Å². The van der Waals surface area contributed by atoms with E-state index in [1.807, 2.05) is 0 Å². The molecule has 10 heteroatoms. The molecule has 0 bridgehead atoms.